The molecule has 0 saturated heterocycles. The molecule has 1 atom stereocenters. The summed E-state index contributed by atoms with van der Waals surface area (Å²) in [4.78, 5) is 11.9. The Morgan fingerprint density at radius 3 is 2.13 bits per heavy atom. The molecule has 0 aromatic heterocycles. The molecule has 1 saturated carbocycles. The number of ether oxygens (including phenoxy) is 1. The van der Waals surface area contributed by atoms with Crippen molar-refractivity contribution < 1.29 is 9.53 Å². The lowest BCUT2D eigenvalue weighted by atomic mass is 9.79. The second-order valence-corrected chi connectivity index (χ2v) is 6.48. The summed E-state index contributed by atoms with van der Waals surface area (Å²) in [5.41, 5.74) is 5.16. The molecule has 0 aromatic rings. The molecular formula is C12H23NO2. The fraction of sp³-hybridized carbons (Fsp3) is 0.917. The van der Waals surface area contributed by atoms with Crippen LogP contribution < -0.4 is 5.73 Å². The fourth-order valence-electron chi connectivity index (χ4n) is 2.55. The largest absolute Gasteiger partial charge is 0.450 e. The number of nitrogens with two attached hydrogens (primary N) is 1. The molecule has 0 bridgehead atoms. The van der Waals surface area contributed by atoms with E-state index in [-0.39, 0.29) is 28.9 Å². The van der Waals surface area contributed by atoms with Crippen molar-refractivity contribution in [3.05, 3.63) is 0 Å². The lowest BCUT2D eigenvalue weighted by molar-refractivity contribution is -0.153. The van der Waals surface area contributed by atoms with Gasteiger partial charge in [0, 0.05) is 0 Å². The van der Waals surface area contributed by atoms with Gasteiger partial charge in [0.2, 0.25) is 0 Å². The van der Waals surface area contributed by atoms with Crippen molar-refractivity contribution in [2.45, 2.75) is 47.5 Å². The first-order chi connectivity index (χ1) is 6.65. The molecule has 88 valence electrons. The molecule has 1 aliphatic carbocycles. The van der Waals surface area contributed by atoms with Gasteiger partial charge in [-0.1, -0.05) is 34.6 Å². The third kappa shape index (κ3) is 2.33. The minimum Gasteiger partial charge on any atom is -0.450 e. The van der Waals surface area contributed by atoms with Crippen molar-refractivity contribution in [1.82, 2.24) is 0 Å². The Morgan fingerprint density at radius 2 is 1.87 bits per heavy atom. The average molecular weight is 213 g/mol. The van der Waals surface area contributed by atoms with E-state index in [0.717, 1.165) is 12.8 Å². The summed E-state index contributed by atoms with van der Waals surface area (Å²) in [5, 5.41) is 0. The molecule has 0 radical (unpaired) electrons. The Hall–Kier alpha value is -0.570. The molecular weight excluding hydrogens is 190 g/mol. The summed E-state index contributed by atoms with van der Waals surface area (Å²) < 4.78 is 4.99. The monoisotopic (exact) mass is 213 g/mol. The molecule has 1 aliphatic rings. The van der Waals surface area contributed by atoms with Crippen LogP contribution in [0.5, 0.6) is 0 Å². The summed E-state index contributed by atoms with van der Waals surface area (Å²) in [6, 6.07) is 0. The Morgan fingerprint density at radius 1 is 1.40 bits per heavy atom. The standard InChI is InChI=1S/C12H23NO2/c1-10(2,3)6-12(7-11(12,4)5)9(14)15-8-13/h6-8,13H2,1-5H3. The summed E-state index contributed by atoms with van der Waals surface area (Å²) in [7, 11) is 0. The first-order valence-corrected chi connectivity index (χ1v) is 5.52. The maximum Gasteiger partial charge on any atom is 0.313 e. The van der Waals surface area contributed by atoms with Gasteiger partial charge in [0.05, 0.1) is 5.41 Å². The number of rotatable bonds is 3. The van der Waals surface area contributed by atoms with Crippen molar-refractivity contribution in [1.29, 1.82) is 0 Å². The highest BCUT2D eigenvalue weighted by atomic mass is 16.5. The van der Waals surface area contributed by atoms with E-state index in [0.29, 0.717) is 0 Å². The summed E-state index contributed by atoms with van der Waals surface area (Å²) in [6.07, 6.45) is 1.78. The van der Waals surface area contributed by atoms with Crippen LogP contribution >= 0.6 is 0 Å². The van der Waals surface area contributed by atoms with Crippen molar-refractivity contribution >= 4 is 5.97 Å². The summed E-state index contributed by atoms with van der Waals surface area (Å²) in [6.45, 7) is 10.7. The number of esters is 1. The second-order valence-electron chi connectivity index (χ2n) is 6.48. The van der Waals surface area contributed by atoms with E-state index in [4.69, 9.17) is 10.5 Å². The molecule has 0 spiro atoms. The predicted octanol–water partition coefficient (Wildman–Crippen LogP) is 2.30. The number of carbonyl (C=O) groups excluding carboxylic acids is 1. The molecule has 0 heterocycles. The predicted molar refractivity (Wildman–Crippen MR) is 60.0 cm³/mol. The molecule has 1 unspecified atom stereocenters. The Labute approximate surface area is 92.4 Å². The molecule has 15 heavy (non-hydrogen) atoms. The average Bonchev–Trinajstić information content (AvgIpc) is 2.51. The zero-order valence-electron chi connectivity index (χ0n) is 10.5. The van der Waals surface area contributed by atoms with Gasteiger partial charge in [-0.05, 0) is 23.7 Å². The van der Waals surface area contributed by atoms with E-state index in [1.165, 1.54) is 0 Å². The Balaban J connectivity index is 2.80. The molecule has 1 fully saturated rings. The smallest absolute Gasteiger partial charge is 0.313 e. The van der Waals surface area contributed by atoms with Crippen molar-refractivity contribution in [2.24, 2.45) is 22.0 Å². The molecule has 1 rings (SSSR count). The van der Waals surface area contributed by atoms with E-state index in [2.05, 4.69) is 34.6 Å². The van der Waals surface area contributed by atoms with Gasteiger partial charge in [-0.2, -0.15) is 0 Å². The van der Waals surface area contributed by atoms with E-state index in [1.54, 1.807) is 0 Å². The first kappa shape index (κ1) is 12.5. The first-order valence-electron chi connectivity index (χ1n) is 5.52. The molecule has 3 nitrogen and oxygen atoms in total. The lowest BCUT2D eigenvalue weighted by Gasteiger charge is -2.27. The van der Waals surface area contributed by atoms with Crippen LogP contribution in [0.2, 0.25) is 0 Å². The van der Waals surface area contributed by atoms with Crippen molar-refractivity contribution in [3.8, 4) is 0 Å². The highest BCUT2D eigenvalue weighted by Crippen LogP contribution is 2.68. The van der Waals surface area contributed by atoms with Crippen LogP contribution in [-0.2, 0) is 9.53 Å². The number of hydrogen-bond acceptors (Lipinski definition) is 3. The third-order valence-corrected chi connectivity index (χ3v) is 3.35. The van der Waals surface area contributed by atoms with Crippen molar-refractivity contribution in [3.63, 3.8) is 0 Å². The van der Waals surface area contributed by atoms with Crippen LogP contribution in [-0.4, -0.2) is 12.7 Å². The van der Waals surface area contributed by atoms with Gasteiger partial charge in [0.25, 0.3) is 0 Å². The van der Waals surface area contributed by atoms with Crippen LogP contribution in [0.15, 0.2) is 0 Å². The molecule has 2 N–H and O–H groups in total. The van der Waals surface area contributed by atoms with Crippen LogP contribution in [0.25, 0.3) is 0 Å². The second kappa shape index (κ2) is 3.48. The van der Waals surface area contributed by atoms with Gasteiger partial charge in [0.15, 0.2) is 0 Å². The van der Waals surface area contributed by atoms with E-state index >= 15 is 0 Å². The Bertz CT molecular complexity index is 265. The van der Waals surface area contributed by atoms with Gasteiger partial charge < -0.3 is 4.74 Å². The molecule has 0 aromatic carbocycles. The quantitative estimate of drug-likeness (QED) is 0.578. The lowest BCUT2D eigenvalue weighted by Crippen LogP contribution is -2.30. The highest BCUT2D eigenvalue weighted by molar-refractivity contribution is 5.81. The third-order valence-electron chi connectivity index (χ3n) is 3.35. The van der Waals surface area contributed by atoms with Crippen LogP contribution in [0.4, 0.5) is 0 Å². The highest BCUT2D eigenvalue weighted by Gasteiger charge is 2.67. The van der Waals surface area contributed by atoms with E-state index < -0.39 is 0 Å². The molecule has 0 aliphatic heterocycles. The summed E-state index contributed by atoms with van der Waals surface area (Å²) in [5.74, 6) is -0.120. The summed E-state index contributed by atoms with van der Waals surface area (Å²) >= 11 is 0. The van der Waals surface area contributed by atoms with Gasteiger partial charge in [-0.3, -0.25) is 10.5 Å². The van der Waals surface area contributed by atoms with Crippen LogP contribution in [0.3, 0.4) is 0 Å². The molecule has 0 amide bonds. The minimum absolute atomic E-state index is 0.0131. The van der Waals surface area contributed by atoms with Crippen LogP contribution in [0, 0.1) is 16.2 Å². The van der Waals surface area contributed by atoms with Gasteiger partial charge in [-0.15, -0.1) is 0 Å². The molecule has 3 heteroatoms. The zero-order chi connectivity index (χ0) is 11.9. The minimum atomic E-state index is -0.301. The maximum absolute atomic E-state index is 11.9. The van der Waals surface area contributed by atoms with Gasteiger partial charge in [-0.25, -0.2) is 0 Å². The maximum atomic E-state index is 11.9. The zero-order valence-corrected chi connectivity index (χ0v) is 10.5. The van der Waals surface area contributed by atoms with Crippen molar-refractivity contribution in [2.75, 3.05) is 6.73 Å². The van der Waals surface area contributed by atoms with Crippen LogP contribution in [0.1, 0.15) is 47.5 Å². The van der Waals surface area contributed by atoms with E-state index in [1.807, 2.05) is 0 Å². The van der Waals surface area contributed by atoms with Gasteiger partial charge >= 0.3 is 5.97 Å². The number of carbonyl (C=O) groups is 1. The Kier molecular flexibility index (Phi) is 2.90. The van der Waals surface area contributed by atoms with Gasteiger partial charge in [0.1, 0.15) is 6.73 Å². The normalized spacial score (nSPS) is 28.7. The SMILES string of the molecule is CC(C)(C)CC1(C(=O)OCN)CC1(C)C. The fourth-order valence-corrected chi connectivity index (χ4v) is 2.55. The number of hydrogen-bond donors (Lipinski definition) is 1. The topological polar surface area (TPSA) is 52.3 Å². The van der Waals surface area contributed by atoms with E-state index in [9.17, 15) is 4.79 Å².